The maximum Gasteiger partial charge on any atom is 0.132 e. The fourth-order valence-corrected chi connectivity index (χ4v) is 4.64. The Hall–Kier alpha value is -2.67. The summed E-state index contributed by atoms with van der Waals surface area (Å²) in [6.45, 7) is 3.32. The molecule has 0 unspecified atom stereocenters. The zero-order valence-corrected chi connectivity index (χ0v) is 17.5. The highest BCUT2D eigenvalue weighted by Gasteiger charge is 2.24. The Bertz CT molecular complexity index is 997. The summed E-state index contributed by atoms with van der Waals surface area (Å²) >= 11 is 0. The van der Waals surface area contributed by atoms with E-state index in [0.29, 0.717) is 5.92 Å². The Kier molecular flexibility index (Phi) is 5.53. The predicted molar refractivity (Wildman–Crippen MR) is 118 cm³/mol. The Balaban J connectivity index is 0.00000231. The van der Waals surface area contributed by atoms with Crippen molar-refractivity contribution >= 4 is 16.6 Å². The van der Waals surface area contributed by atoms with E-state index >= 15 is 0 Å². The number of aryl methyl sites for hydroxylation is 1. The van der Waals surface area contributed by atoms with Crippen LogP contribution in [0.25, 0.3) is 10.9 Å². The summed E-state index contributed by atoms with van der Waals surface area (Å²) in [5.41, 5.74) is 3.29. The molecule has 2 aromatic heterocycles. The number of nitrogens with zero attached hydrogens (tertiary/aromatic N) is 5. The normalized spacial score (nSPS) is 22.4. The van der Waals surface area contributed by atoms with E-state index < -0.39 is 0 Å². The van der Waals surface area contributed by atoms with Gasteiger partial charge in [-0.3, -0.25) is 4.68 Å². The minimum absolute atomic E-state index is 0. The minimum atomic E-state index is 0. The van der Waals surface area contributed by atoms with Crippen LogP contribution < -0.4 is 9.64 Å². The zero-order valence-electron chi connectivity index (χ0n) is 17.5. The average Bonchev–Trinajstić information content (AvgIpc) is 3.20. The number of morpholine rings is 1. The molecule has 1 aromatic carbocycles. The molecule has 0 spiro atoms. The van der Waals surface area contributed by atoms with Crippen molar-refractivity contribution in [3.8, 4) is 5.75 Å². The Labute approximate surface area is 178 Å². The molecule has 1 saturated carbocycles. The van der Waals surface area contributed by atoms with Crippen molar-refractivity contribution < 1.29 is 10.9 Å². The summed E-state index contributed by atoms with van der Waals surface area (Å²) in [5.74, 6) is 1.60. The minimum Gasteiger partial charge on any atom is -0.490 e. The van der Waals surface area contributed by atoms with Crippen LogP contribution in [0.1, 0.15) is 32.8 Å². The molecule has 0 N–H and O–H groups in total. The number of fused-ring (bicyclic) bond motifs is 1. The second kappa shape index (κ2) is 8.60. The molecule has 1 aliphatic heterocycles. The molecule has 160 valence electrons. The lowest BCUT2D eigenvalue weighted by Crippen LogP contribution is -2.36. The molecule has 3 aromatic rings. The fraction of sp³-hybridized carbons (Fsp3) is 0.522. The molecule has 2 aliphatic rings. The third-order valence-electron chi connectivity index (χ3n) is 6.30. The molecule has 30 heavy (non-hydrogen) atoms. The maximum atomic E-state index is 6.55. The van der Waals surface area contributed by atoms with Crippen molar-refractivity contribution in [2.24, 2.45) is 13.0 Å². The van der Waals surface area contributed by atoms with Crippen LogP contribution in [0.5, 0.6) is 5.75 Å². The van der Waals surface area contributed by atoms with Crippen molar-refractivity contribution in [3.05, 3.63) is 42.6 Å². The molecule has 3 heterocycles. The van der Waals surface area contributed by atoms with Crippen LogP contribution in [-0.2, 0) is 18.2 Å². The highest BCUT2D eigenvalue weighted by Crippen LogP contribution is 2.35. The van der Waals surface area contributed by atoms with Crippen molar-refractivity contribution in [2.75, 3.05) is 31.2 Å². The second-order valence-corrected chi connectivity index (χ2v) is 8.44. The molecule has 1 saturated heterocycles. The van der Waals surface area contributed by atoms with Gasteiger partial charge >= 0.3 is 0 Å². The van der Waals surface area contributed by atoms with Gasteiger partial charge in [-0.2, -0.15) is 5.10 Å². The fourth-order valence-electron chi connectivity index (χ4n) is 4.64. The molecule has 0 amide bonds. The summed E-state index contributed by atoms with van der Waals surface area (Å²) in [5, 5.41) is 5.53. The van der Waals surface area contributed by atoms with Crippen LogP contribution >= 0.6 is 0 Å². The smallest absolute Gasteiger partial charge is 0.132 e. The Morgan fingerprint density at radius 1 is 1.17 bits per heavy atom. The van der Waals surface area contributed by atoms with Gasteiger partial charge in [0.15, 0.2) is 0 Å². The van der Waals surface area contributed by atoms with Crippen LogP contribution in [0.3, 0.4) is 0 Å². The van der Waals surface area contributed by atoms with E-state index in [4.69, 9.17) is 9.47 Å². The van der Waals surface area contributed by atoms with Gasteiger partial charge in [-0.15, -0.1) is 0 Å². The molecule has 7 nitrogen and oxygen atoms in total. The first-order valence-electron chi connectivity index (χ1n) is 11.0. The monoisotopic (exact) mass is 409 g/mol. The second-order valence-electron chi connectivity index (χ2n) is 8.44. The SMILES string of the molecule is Cn1ccc(CC2CCC(Oc3cc(N4CCOCC4)cc4ncncc34)CC2)n1.[HH]. The molecular weight excluding hydrogens is 378 g/mol. The van der Waals surface area contributed by atoms with E-state index in [1.807, 2.05) is 24.1 Å². The molecule has 7 heteroatoms. The lowest BCUT2D eigenvalue weighted by Gasteiger charge is -2.31. The van der Waals surface area contributed by atoms with E-state index in [-0.39, 0.29) is 7.53 Å². The molecule has 5 rings (SSSR count). The van der Waals surface area contributed by atoms with Gasteiger partial charge < -0.3 is 14.4 Å². The number of ether oxygens (including phenoxy) is 2. The van der Waals surface area contributed by atoms with Gasteiger partial charge in [-0.1, -0.05) is 0 Å². The molecule has 0 radical (unpaired) electrons. The number of rotatable bonds is 5. The summed E-state index contributed by atoms with van der Waals surface area (Å²) in [6.07, 6.45) is 11.3. The predicted octanol–water partition coefficient (Wildman–Crippen LogP) is 3.63. The molecule has 0 bridgehead atoms. The van der Waals surface area contributed by atoms with Gasteiger partial charge in [0, 0.05) is 45.7 Å². The molecule has 2 fully saturated rings. The highest BCUT2D eigenvalue weighted by atomic mass is 16.5. The van der Waals surface area contributed by atoms with Crippen molar-refractivity contribution in [2.45, 2.75) is 38.2 Å². The third kappa shape index (κ3) is 4.26. The number of hydrogen-bond donors (Lipinski definition) is 0. The lowest BCUT2D eigenvalue weighted by molar-refractivity contribution is 0.122. The molecule has 1 aliphatic carbocycles. The van der Waals surface area contributed by atoms with Gasteiger partial charge in [-0.05, 0) is 50.2 Å². The van der Waals surface area contributed by atoms with E-state index in [2.05, 4.69) is 38.2 Å². The van der Waals surface area contributed by atoms with Crippen molar-refractivity contribution in [3.63, 3.8) is 0 Å². The zero-order chi connectivity index (χ0) is 20.3. The van der Waals surface area contributed by atoms with Crippen LogP contribution in [0.15, 0.2) is 36.9 Å². The quantitative estimate of drug-likeness (QED) is 0.641. The average molecular weight is 410 g/mol. The van der Waals surface area contributed by atoms with E-state index in [1.54, 1.807) is 6.33 Å². The number of anilines is 1. The van der Waals surface area contributed by atoms with Gasteiger partial charge in [-0.25, -0.2) is 9.97 Å². The summed E-state index contributed by atoms with van der Waals surface area (Å²) in [4.78, 5) is 11.1. The highest BCUT2D eigenvalue weighted by molar-refractivity contribution is 5.88. The van der Waals surface area contributed by atoms with Gasteiger partial charge in [0.1, 0.15) is 12.1 Å². The number of aromatic nitrogens is 4. The van der Waals surface area contributed by atoms with E-state index in [9.17, 15) is 0 Å². The maximum absolute atomic E-state index is 6.55. The van der Waals surface area contributed by atoms with Crippen molar-refractivity contribution in [1.29, 1.82) is 0 Å². The molecule has 0 atom stereocenters. The van der Waals surface area contributed by atoms with E-state index in [1.165, 1.54) is 18.5 Å². The number of hydrogen-bond acceptors (Lipinski definition) is 6. The standard InChI is InChI=1S/C23H29N5O2.H2/c1-27-7-6-18(26-27)12-17-2-4-20(5-3-17)30-23-14-19(28-8-10-29-11-9-28)13-22-21(23)15-24-16-25-22;/h6-7,13-17,20H,2-5,8-12H2,1H3;1H. The van der Waals surface area contributed by atoms with Gasteiger partial charge in [0.25, 0.3) is 0 Å². The largest absolute Gasteiger partial charge is 0.490 e. The first kappa shape index (κ1) is 19.3. The Morgan fingerprint density at radius 2 is 2.00 bits per heavy atom. The number of benzene rings is 1. The van der Waals surface area contributed by atoms with Crippen LogP contribution in [0, 0.1) is 5.92 Å². The summed E-state index contributed by atoms with van der Waals surface area (Å²) < 4.78 is 13.9. The van der Waals surface area contributed by atoms with Gasteiger partial charge in [0.2, 0.25) is 0 Å². The van der Waals surface area contributed by atoms with E-state index in [0.717, 1.165) is 67.9 Å². The third-order valence-corrected chi connectivity index (χ3v) is 6.30. The molecular formula is C23H31N5O2. The first-order valence-corrected chi connectivity index (χ1v) is 11.0. The van der Waals surface area contributed by atoms with Crippen molar-refractivity contribution in [1.82, 2.24) is 19.7 Å². The topological polar surface area (TPSA) is 65.3 Å². The summed E-state index contributed by atoms with van der Waals surface area (Å²) in [6, 6.07) is 6.43. The first-order chi connectivity index (χ1) is 14.7. The van der Waals surface area contributed by atoms with Gasteiger partial charge in [0.05, 0.1) is 35.9 Å². The van der Waals surface area contributed by atoms with Crippen LogP contribution in [-0.4, -0.2) is 52.2 Å². The van der Waals surface area contributed by atoms with Crippen LogP contribution in [0.2, 0.25) is 0 Å². The lowest BCUT2D eigenvalue weighted by atomic mass is 9.84. The summed E-state index contributed by atoms with van der Waals surface area (Å²) in [7, 11) is 1.98. The Morgan fingerprint density at radius 3 is 2.77 bits per heavy atom. The van der Waals surface area contributed by atoms with Crippen LogP contribution in [0.4, 0.5) is 5.69 Å².